The number of hydrogen-bond acceptors (Lipinski definition) is 4. The van der Waals surface area contributed by atoms with Crippen molar-refractivity contribution < 1.29 is 8.42 Å². The monoisotopic (exact) mass is 322 g/mol. The number of nitrogens with two attached hydrogens (primary N) is 1. The summed E-state index contributed by atoms with van der Waals surface area (Å²) >= 11 is 1.59. The third kappa shape index (κ3) is 3.45. The molecule has 1 saturated carbocycles. The number of anilines is 1. The predicted octanol–water partition coefficient (Wildman–Crippen LogP) is 2.82. The van der Waals surface area contributed by atoms with Crippen LogP contribution in [0.3, 0.4) is 0 Å². The second-order valence-electron chi connectivity index (χ2n) is 5.31. The number of rotatable bonds is 6. The lowest BCUT2D eigenvalue weighted by atomic mass is 10.2. The second-order valence-corrected chi connectivity index (χ2v) is 8.26. The van der Waals surface area contributed by atoms with Gasteiger partial charge in [0.2, 0.25) is 10.0 Å². The Labute approximate surface area is 129 Å². The first-order valence-electron chi connectivity index (χ1n) is 6.91. The molecule has 2 N–H and O–H groups in total. The zero-order valence-electron chi connectivity index (χ0n) is 11.6. The Morgan fingerprint density at radius 2 is 1.95 bits per heavy atom. The van der Waals surface area contributed by atoms with E-state index in [-0.39, 0.29) is 11.8 Å². The van der Waals surface area contributed by atoms with E-state index in [2.05, 4.69) is 0 Å². The van der Waals surface area contributed by atoms with E-state index in [4.69, 9.17) is 5.73 Å². The van der Waals surface area contributed by atoms with Crippen LogP contribution in [-0.4, -0.2) is 18.8 Å². The van der Waals surface area contributed by atoms with Gasteiger partial charge in [0.15, 0.2) is 0 Å². The molecule has 0 bridgehead atoms. The standard InChI is InChI=1S/C15H18N2O2S2/c16-15-6-2-1-4-12(15)11-21(18,19)17(13-7-8-13)10-14-5-3-9-20-14/h1-6,9,13H,7-8,10-11,16H2. The van der Waals surface area contributed by atoms with Crippen LogP contribution in [0.15, 0.2) is 41.8 Å². The molecule has 1 aliphatic rings. The summed E-state index contributed by atoms with van der Waals surface area (Å²) in [5.41, 5.74) is 7.09. The Hall–Kier alpha value is -1.37. The first-order valence-corrected chi connectivity index (χ1v) is 9.40. The molecule has 1 fully saturated rings. The van der Waals surface area contributed by atoms with Crippen molar-refractivity contribution in [1.82, 2.24) is 4.31 Å². The normalized spacial score (nSPS) is 15.5. The van der Waals surface area contributed by atoms with Gasteiger partial charge in [-0.05, 0) is 35.9 Å². The molecular formula is C15H18N2O2S2. The zero-order valence-corrected chi connectivity index (χ0v) is 13.2. The maximum Gasteiger partial charge on any atom is 0.218 e. The summed E-state index contributed by atoms with van der Waals surface area (Å²) in [5.74, 6) is -0.0262. The minimum Gasteiger partial charge on any atom is -0.398 e. The maximum absolute atomic E-state index is 12.7. The summed E-state index contributed by atoms with van der Waals surface area (Å²) < 4.78 is 27.1. The topological polar surface area (TPSA) is 63.4 Å². The first kappa shape index (κ1) is 14.6. The molecule has 2 aromatic rings. The van der Waals surface area contributed by atoms with Crippen LogP contribution in [0.25, 0.3) is 0 Å². The third-order valence-corrected chi connectivity index (χ3v) is 6.28. The van der Waals surface area contributed by atoms with Gasteiger partial charge in [-0.25, -0.2) is 8.42 Å². The minimum atomic E-state index is -3.35. The SMILES string of the molecule is Nc1ccccc1CS(=O)(=O)N(Cc1cccs1)C1CC1. The van der Waals surface area contributed by atoms with E-state index in [1.165, 1.54) is 0 Å². The molecule has 1 aromatic heterocycles. The lowest BCUT2D eigenvalue weighted by molar-refractivity contribution is 0.401. The molecule has 1 aromatic carbocycles. The van der Waals surface area contributed by atoms with Gasteiger partial charge in [0, 0.05) is 23.2 Å². The van der Waals surface area contributed by atoms with E-state index in [1.54, 1.807) is 27.8 Å². The fraction of sp³-hybridized carbons (Fsp3) is 0.333. The molecular weight excluding hydrogens is 304 g/mol. The minimum absolute atomic E-state index is 0.0262. The summed E-state index contributed by atoms with van der Waals surface area (Å²) in [4.78, 5) is 1.08. The number of thiophene rings is 1. The smallest absolute Gasteiger partial charge is 0.218 e. The van der Waals surface area contributed by atoms with E-state index in [0.29, 0.717) is 17.8 Å². The zero-order chi connectivity index (χ0) is 14.9. The Balaban J connectivity index is 1.82. The highest BCUT2D eigenvalue weighted by Gasteiger charge is 2.37. The highest BCUT2D eigenvalue weighted by Crippen LogP contribution is 2.33. The lowest BCUT2D eigenvalue weighted by Crippen LogP contribution is -2.33. The van der Waals surface area contributed by atoms with Crippen molar-refractivity contribution in [2.45, 2.75) is 31.2 Å². The van der Waals surface area contributed by atoms with E-state index < -0.39 is 10.0 Å². The maximum atomic E-state index is 12.7. The molecule has 3 rings (SSSR count). The van der Waals surface area contributed by atoms with Gasteiger partial charge in [-0.15, -0.1) is 11.3 Å². The van der Waals surface area contributed by atoms with Crippen molar-refractivity contribution in [3.8, 4) is 0 Å². The fourth-order valence-electron chi connectivity index (χ4n) is 2.32. The van der Waals surface area contributed by atoms with Crippen LogP contribution >= 0.6 is 11.3 Å². The predicted molar refractivity (Wildman–Crippen MR) is 86.4 cm³/mol. The highest BCUT2D eigenvalue weighted by atomic mass is 32.2. The van der Waals surface area contributed by atoms with Crippen LogP contribution < -0.4 is 5.73 Å². The molecule has 0 aliphatic heterocycles. The number of para-hydroxylation sites is 1. The van der Waals surface area contributed by atoms with Gasteiger partial charge < -0.3 is 5.73 Å². The number of sulfonamides is 1. The van der Waals surface area contributed by atoms with Gasteiger partial charge in [0.1, 0.15) is 0 Å². The molecule has 1 aliphatic carbocycles. The molecule has 1 heterocycles. The third-order valence-electron chi connectivity index (χ3n) is 3.60. The van der Waals surface area contributed by atoms with Crippen molar-refractivity contribution in [3.63, 3.8) is 0 Å². The summed E-state index contributed by atoms with van der Waals surface area (Å²) in [7, 11) is -3.35. The van der Waals surface area contributed by atoms with Gasteiger partial charge >= 0.3 is 0 Å². The summed E-state index contributed by atoms with van der Waals surface area (Å²) in [6, 6.07) is 11.2. The largest absolute Gasteiger partial charge is 0.398 e. The van der Waals surface area contributed by atoms with Gasteiger partial charge in [0.25, 0.3) is 0 Å². The molecule has 0 radical (unpaired) electrons. The van der Waals surface area contributed by atoms with Gasteiger partial charge in [-0.2, -0.15) is 4.31 Å². The Bertz CT molecular complexity index is 707. The van der Waals surface area contributed by atoms with Gasteiger partial charge in [0.05, 0.1) is 5.75 Å². The average Bonchev–Trinajstić information content (AvgIpc) is 3.14. The van der Waals surface area contributed by atoms with E-state index in [0.717, 1.165) is 17.7 Å². The molecule has 0 spiro atoms. The average molecular weight is 322 g/mol. The van der Waals surface area contributed by atoms with Crippen LogP contribution in [0, 0.1) is 0 Å². The fourth-order valence-corrected chi connectivity index (χ4v) is 4.93. The van der Waals surface area contributed by atoms with Crippen LogP contribution in [0.1, 0.15) is 23.3 Å². The number of nitrogen functional groups attached to an aromatic ring is 1. The summed E-state index contributed by atoms with van der Waals surface area (Å²) in [5, 5.41) is 1.97. The number of benzene rings is 1. The molecule has 21 heavy (non-hydrogen) atoms. The molecule has 0 saturated heterocycles. The highest BCUT2D eigenvalue weighted by molar-refractivity contribution is 7.88. The van der Waals surface area contributed by atoms with Crippen LogP contribution in [-0.2, 0) is 22.3 Å². The Kier molecular flexibility index (Phi) is 4.01. The van der Waals surface area contributed by atoms with Crippen LogP contribution in [0.2, 0.25) is 0 Å². The van der Waals surface area contributed by atoms with Crippen LogP contribution in [0.5, 0.6) is 0 Å². The van der Waals surface area contributed by atoms with Gasteiger partial charge in [-0.1, -0.05) is 24.3 Å². The summed E-state index contributed by atoms with van der Waals surface area (Å²) in [6.45, 7) is 0.470. The number of hydrogen-bond donors (Lipinski definition) is 1. The van der Waals surface area contributed by atoms with Crippen molar-refractivity contribution in [3.05, 3.63) is 52.2 Å². The first-order chi connectivity index (χ1) is 10.1. The Morgan fingerprint density at radius 3 is 2.57 bits per heavy atom. The van der Waals surface area contributed by atoms with E-state index in [1.807, 2.05) is 29.6 Å². The second kappa shape index (κ2) is 5.79. The molecule has 6 heteroatoms. The molecule has 0 amide bonds. The molecule has 0 unspecified atom stereocenters. The molecule has 112 valence electrons. The number of nitrogens with zero attached hydrogens (tertiary/aromatic N) is 1. The van der Waals surface area contributed by atoms with E-state index in [9.17, 15) is 8.42 Å². The van der Waals surface area contributed by atoms with Crippen molar-refractivity contribution in [2.75, 3.05) is 5.73 Å². The molecule has 0 atom stereocenters. The van der Waals surface area contributed by atoms with Crippen molar-refractivity contribution in [1.29, 1.82) is 0 Å². The molecule has 4 nitrogen and oxygen atoms in total. The summed E-state index contributed by atoms with van der Waals surface area (Å²) in [6.07, 6.45) is 1.91. The quantitative estimate of drug-likeness (QED) is 0.832. The Morgan fingerprint density at radius 1 is 1.19 bits per heavy atom. The van der Waals surface area contributed by atoms with Gasteiger partial charge in [-0.3, -0.25) is 0 Å². The lowest BCUT2D eigenvalue weighted by Gasteiger charge is -2.21. The van der Waals surface area contributed by atoms with Crippen molar-refractivity contribution >= 4 is 27.0 Å². The van der Waals surface area contributed by atoms with Crippen molar-refractivity contribution in [2.24, 2.45) is 0 Å². The van der Waals surface area contributed by atoms with E-state index >= 15 is 0 Å². The van der Waals surface area contributed by atoms with Crippen LogP contribution in [0.4, 0.5) is 5.69 Å².